The summed E-state index contributed by atoms with van der Waals surface area (Å²) in [7, 11) is 1.38. The van der Waals surface area contributed by atoms with Crippen LogP contribution in [0.3, 0.4) is 0 Å². The van der Waals surface area contributed by atoms with Gasteiger partial charge >= 0.3 is 0 Å². The average molecular weight is 362 g/mol. The van der Waals surface area contributed by atoms with E-state index in [0.29, 0.717) is 16.9 Å². The van der Waals surface area contributed by atoms with Gasteiger partial charge < -0.3 is 15.4 Å². The first-order chi connectivity index (χ1) is 11.8. The molecule has 2 rings (SSSR count). The first-order valence-electron chi connectivity index (χ1n) is 6.97. The van der Waals surface area contributed by atoms with Crippen molar-refractivity contribution >= 4 is 40.1 Å². The van der Waals surface area contributed by atoms with Crippen molar-refractivity contribution in [2.24, 2.45) is 0 Å². The lowest BCUT2D eigenvalue weighted by Gasteiger charge is -2.13. The first-order valence-corrected chi connectivity index (χ1v) is 7.38. The Hall–Kier alpha value is -3.27. The number of benzene rings is 2. The molecule has 0 fully saturated rings. The van der Waals surface area contributed by atoms with E-state index in [0.717, 1.165) is 0 Å². The molecule has 130 valence electrons. The average Bonchev–Trinajstić information content (AvgIpc) is 2.56. The highest BCUT2D eigenvalue weighted by Crippen LogP contribution is 2.29. The third-order valence-electron chi connectivity index (χ3n) is 3.31. The monoisotopic (exact) mass is 362 g/mol. The number of nitrogens with zero attached hydrogens (tertiary/aromatic N) is 2. The lowest BCUT2D eigenvalue weighted by atomic mass is 10.2. The van der Waals surface area contributed by atoms with Crippen molar-refractivity contribution in [1.29, 1.82) is 0 Å². The number of nitrogens with one attached hydrogen (secondary N) is 2. The van der Waals surface area contributed by atoms with E-state index >= 15 is 0 Å². The van der Waals surface area contributed by atoms with Crippen LogP contribution < -0.4 is 15.4 Å². The Morgan fingerprint density at radius 2 is 1.80 bits per heavy atom. The maximum absolute atomic E-state index is 11.0. The van der Waals surface area contributed by atoms with E-state index in [1.165, 1.54) is 31.4 Å². The molecule has 25 heavy (non-hydrogen) atoms. The van der Waals surface area contributed by atoms with Gasteiger partial charge in [-0.15, -0.1) is 0 Å². The molecule has 0 saturated carbocycles. The summed E-state index contributed by atoms with van der Waals surface area (Å²) in [4.78, 5) is 20.8. The number of methoxy groups -OCH3 is 1. The molecular weight excluding hydrogens is 348 g/mol. The summed E-state index contributed by atoms with van der Waals surface area (Å²) < 4.78 is 5.11. The highest BCUT2D eigenvalue weighted by Gasteiger charge is 2.14. The van der Waals surface area contributed by atoms with Gasteiger partial charge in [0.25, 0.3) is 11.4 Å². The van der Waals surface area contributed by atoms with E-state index < -0.39 is 9.85 Å². The normalized spacial score (nSPS) is 10.0. The molecule has 2 aromatic carbocycles. The number of thiocarbonyl (C=S) groups is 1. The molecule has 0 aliphatic carbocycles. The maximum Gasteiger partial charge on any atom is 0.274 e. The SMILES string of the molecule is COc1cc([N+](=O)[O-])ccc1NC(=S)Nc1ccc(C)c([N+](=O)[O-])c1. The Morgan fingerprint density at radius 1 is 1.08 bits per heavy atom. The van der Waals surface area contributed by atoms with Gasteiger partial charge in [0.05, 0.1) is 28.7 Å². The topological polar surface area (TPSA) is 120 Å². The number of anilines is 2. The maximum atomic E-state index is 11.0. The van der Waals surface area contributed by atoms with Crippen LogP contribution in [0.15, 0.2) is 36.4 Å². The fraction of sp³-hybridized carbons (Fsp3) is 0.133. The number of rotatable bonds is 5. The van der Waals surface area contributed by atoms with Crippen molar-refractivity contribution in [1.82, 2.24) is 0 Å². The van der Waals surface area contributed by atoms with Crippen LogP contribution in [-0.2, 0) is 0 Å². The van der Waals surface area contributed by atoms with E-state index in [9.17, 15) is 20.2 Å². The van der Waals surface area contributed by atoms with Crippen LogP contribution in [-0.4, -0.2) is 22.1 Å². The molecule has 0 spiro atoms. The van der Waals surface area contributed by atoms with Gasteiger partial charge in [0.15, 0.2) is 5.11 Å². The summed E-state index contributed by atoms with van der Waals surface area (Å²) in [5.41, 5.74) is 1.26. The Bertz CT molecular complexity index is 856. The summed E-state index contributed by atoms with van der Waals surface area (Å²) in [6.45, 7) is 1.64. The lowest BCUT2D eigenvalue weighted by Crippen LogP contribution is -2.19. The number of hydrogen-bond acceptors (Lipinski definition) is 6. The Morgan fingerprint density at radius 3 is 2.40 bits per heavy atom. The van der Waals surface area contributed by atoms with Crippen molar-refractivity contribution in [3.63, 3.8) is 0 Å². The van der Waals surface area contributed by atoms with Gasteiger partial charge in [0, 0.05) is 23.4 Å². The number of non-ortho nitro benzene ring substituents is 1. The van der Waals surface area contributed by atoms with E-state index in [-0.39, 0.29) is 22.2 Å². The molecular formula is C15H14N4O5S. The molecule has 0 atom stereocenters. The predicted octanol–water partition coefficient (Wildman–Crippen LogP) is 3.63. The smallest absolute Gasteiger partial charge is 0.274 e. The van der Waals surface area contributed by atoms with E-state index in [2.05, 4.69) is 10.6 Å². The number of nitro benzene ring substituents is 2. The van der Waals surface area contributed by atoms with Crippen molar-refractivity contribution < 1.29 is 14.6 Å². The largest absolute Gasteiger partial charge is 0.494 e. The van der Waals surface area contributed by atoms with Crippen molar-refractivity contribution in [3.8, 4) is 5.75 Å². The van der Waals surface area contributed by atoms with Crippen molar-refractivity contribution in [2.75, 3.05) is 17.7 Å². The number of hydrogen-bond donors (Lipinski definition) is 2. The molecule has 2 aromatic rings. The molecule has 0 unspecified atom stereocenters. The Balaban J connectivity index is 2.17. The molecule has 0 radical (unpaired) electrons. The number of aryl methyl sites for hydroxylation is 1. The van der Waals surface area contributed by atoms with Gasteiger partial charge in [0.1, 0.15) is 5.75 Å². The molecule has 9 nitrogen and oxygen atoms in total. The Labute approximate surface area is 147 Å². The summed E-state index contributed by atoms with van der Waals surface area (Å²) in [5, 5.41) is 27.6. The molecule has 0 aliphatic heterocycles. The molecule has 10 heteroatoms. The summed E-state index contributed by atoms with van der Waals surface area (Å²) in [5.74, 6) is 0.244. The fourth-order valence-corrected chi connectivity index (χ4v) is 2.29. The molecule has 0 bridgehead atoms. The van der Waals surface area contributed by atoms with Crippen molar-refractivity contribution in [3.05, 3.63) is 62.2 Å². The number of ether oxygens (including phenoxy) is 1. The molecule has 0 saturated heterocycles. The van der Waals surface area contributed by atoms with Crippen LogP contribution in [0.4, 0.5) is 22.7 Å². The zero-order valence-corrected chi connectivity index (χ0v) is 14.1. The van der Waals surface area contributed by atoms with Crippen LogP contribution in [0.5, 0.6) is 5.75 Å². The second-order valence-electron chi connectivity index (χ2n) is 4.98. The van der Waals surface area contributed by atoms with Crippen molar-refractivity contribution in [2.45, 2.75) is 6.92 Å². The van der Waals surface area contributed by atoms with Gasteiger partial charge in [0.2, 0.25) is 0 Å². The molecule has 0 aliphatic rings. The molecule has 0 aromatic heterocycles. The van der Waals surface area contributed by atoms with Crippen LogP contribution in [0.2, 0.25) is 0 Å². The minimum atomic E-state index is -0.533. The second-order valence-corrected chi connectivity index (χ2v) is 5.39. The minimum Gasteiger partial charge on any atom is -0.494 e. The second kappa shape index (κ2) is 7.53. The van der Waals surface area contributed by atoms with Gasteiger partial charge in [-0.2, -0.15) is 0 Å². The summed E-state index contributed by atoms with van der Waals surface area (Å²) in [6.07, 6.45) is 0. The van der Waals surface area contributed by atoms with E-state index in [1.807, 2.05) is 0 Å². The minimum absolute atomic E-state index is 0.0271. The zero-order valence-electron chi connectivity index (χ0n) is 13.3. The quantitative estimate of drug-likeness (QED) is 0.470. The van der Waals surface area contributed by atoms with Gasteiger partial charge in [-0.25, -0.2) is 0 Å². The fourth-order valence-electron chi connectivity index (χ4n) is 2.07. The number of nitro groups is 2. The summed E-state index contributed by atoms with van der Waals surface area (Å²) in [6, 6.07) is 8.67. The van der Waals surface area contributed by atoms with E-state index in [1.54, 1.807) is 19.1 Å². The van der Waals surface area contributed by atoms with E-state index in [4.69, 9.17) is 17.0 Å². The van der Waals surface area contributed by atoms with Gasteiger partial charge in [-0.1, -0.05) is 6.07 Å². The third kappa shape index (κ3) is 4.38. The zero-order chi connectivity index (χ0) is 18.6. The van der Waals surface area contributed by atoms with Crippen LogP contribution >= 0.6 is 12.2 Å². The summed E-state index contributed by atoms with van der Waals surface area (Å²) >= 11 is 5.17. The highest BCUT2D eigenvalue weighted by atomic mass is 32.1. The lowest BCUT2D eigenvalue weighted by molar-refractivity contribution is -0.385. The van der Waals surface area contributed by atoms with Crippen LogP contribution in [0.25, 0.3) is 0 Å². The van der Waals surface area contributed by atoms with Gasteiger partial charge in [-0.05, 0) is 31.3 Å². The van der Waals surface area contributed by atoms with Gasteiger partial charge in [-0.3, -0.25) is 20.2 Å². The molecule has 0 amide bonds. The van der Waals surface area contributed by atoms with Crippen LogP contribution in [0.1, 0.15) is 5.56 Å². The van der Waals surface area contributed by atoms with Crippen LogP contribution in [0, 0.1) is 27.2 Å². The third-order valence-corrected chi connectivity index (χ3v) is 3.51. The standard InChI is InChI=1S/C15H14N4O5S/c1-9-3-4-10(7-13(9)19(22)23)16-15(25)17-12-6-5-11(18(20)21)8-14(12)24-2/h3-8H,1-2H3,(H2,16,17,25). The predicted molar refractivity (Wildman–Crippen MR) is 97.3 cm³/mol. The molecule has 2 N–H and O–H groups in total. The first kappa shape index (κ1) is 18.1. The Kier molecular flexibility index (Phi) is 5.45. The highest BCUT2D eigenvalue weighted by molar-refractivity contribution is 7.80. The molecule has 0 heterocycles.